The van der Waals surface area contributed by atoms with Crippen LogP contribution in [0, 0.1) is 0 Å². The van der Waals surface area contributed by atoms with E-state index in [2.05, 4.69) is 31.3 Å². The number of rotatable bonds is 7. The minimum atomic E-state index is 0.133. The molecule has 0 fully saturated rings. The van der Waals surface area contributed by atoms with Crippen LogP contribution >= 0.6 is 0 Å². The van der Waals surface area contributed by atoms with E-state index in [4.69, 9.17) is 9.47 Å². The van der Waals surface area contributed by atoms with Crippen LogP contribution in [0.5, 0.6) is 5.75 Å². The Balaban J connectivity index is 2.86. The lowest BCUT2D eigenvalue weighted by molar-refractivity contribution is 0.0829. The number of hydrogen-bond donors (Lipinski definition) is 1. The molecule has 0 spiro atoms. The van der Waals surface area contributed by atoms with Crippen molar-refractivity contribution < 1.29 is 9.47 Å². The van der Waals surface area contributed by atoms with E-state index in [-0.39, 0.29) is 12.1 Å². The average molecular weight is 237 g/mol. The summed E-state index contributed by atoms with van der Waals surface area (Å²) in [7, 11) is 3.43. The van der Waals surface area contributed by atoms with Gasteiger partial charge in [0.25, 0.3) is 0 Å². The summed E-state index contributed by atoms with van der Waals surface area (Å²) in [6, 6.07) is 8.33. The summed E-state index contributed by atoms with van der Waals surface area (Å²) in [6.45, 7) is 5.22. The molecule has 17 heavy (non-hydrogen) atoms. The van der Waals surface area contributed by atoms with Gasteiger partial charge in [0, 0.05) is 7.11 Å². The smallest absolute Gasteiger partial charge is 0.119 e. The summed E-state index contributed by atoms with van der Waals surface area (Å²) in [5, 5.41) is 3.51. The van der Waals surface area contributed by atoms with Gasteiger partial charge in [0.15, 0.2) is 0 Å². The first kappa shape index (κ1) is 14.0. The van der Waals surface area contributed by atoms with Gasteiger partial charge in [0.1, 0.15) is 5.75 Å². The maximum Gasteiger partial charge on any atom is 0.119 e. The van der Waals surface area contributed by atoms with Crippen LogP contribution in [0.3, 0.4) is 0 Å². The Morgan fingerprint density at radius 2 is 2.06 bits per heavy atom. The topological polar surface area (TPSA) is 30.5 Å². The SMILES string of the molecule is CCCNC(c1cccc(OC)c1)C(C)OC. The molecule has 1 rings (SSSR count). The van der Waals surface area contributed by atoms with Crippen LogP contribution in [0.25, 0.3) is 0 Å². The number of nitrogens with one attached hydrogen (secondary N) is 1. The highest BCUT2D eigenvalue weighted by Crippen LogP contribution is 2.23. The van der Waals surface area contributed by atoms with E-state index in [1.807, 2.05) is 12.1 Å². The summed E-state index contributed by atoms with van der Waals surface area (Å²) in [6.07, 6.45) is 1.24. The van der Waals surface area contributed by atoms with Crippen molar-refractivity contribution in [2.75, 3.05) is 20.8 Å². The second kappa shape index (κ2) is 7.30. The molecule has 2 atom stereocenters. The molecule has 0 saturated heterocycles. The minimum absolute atomic E-state index is 0.133. The van der Waals surface area contributed by atoms with Crippen LogP contribution in [0.15, 0.2) is 24.3 Å². The van der Waals surface area contributed by atoms with E-state index in [9.17, 15) is 0 Å². The van der Waals surface area contributed by atoms with Gasteiger partial charge in [-0.2, -0.15) is 0 Å². The van der Waals surface area contributed by atoms with Crippen LogP contribution < -0.4 is 10.1 Å². The second-order valence-electron chi connectivity index (χ2n) is 4.15. The first-order valence-electron chi connectivity index (χ1n) is 6.13. The highest BCUT2D eigenvalue weighted by Gasteiger charge is 2.18. The third-order valence-corrected chi connectivity index (χ3v) is 2.91. The molecule has 0 aromatic heterocycles. The van der Waals surface area contributed by atoms with Crippen LogP contribution in [0.1, 0.15) is 31.9 Å². The standard InChI is InChI=1S/C14H23NO2/c1-5-9-15-14(11(2)16-3)12-7-6-8-13(10-12)17-4/h6-8,10-11,14-15H,5,9H2,1-4H3. The Morgan fingerprint density at radius 3 is 2.65 bits per heavy atom. The molecule has 2 unspecified atom stereocenters. The predicted octanol–water partition coefficient (Wildman–Crippen LogP) is 2.77. The fraction of sp³-hybridized carbons (Fsp3) is 0.571. The summed E-state index contributed by atoms with van der Waals surface area (Å²) < 4.78 is 10.7. The van der Waals surface area contributed by atoms with E-state index in [0.717, 1.165) is 18.7 Å². The molecule has 1 N–H and O–H groups in total. The van der Waals surface area contributed by atoms with Crippen molar-refractivity contribution in [3.63, 3.8) is 0 Å². The lowest BCUT2D eigenvalue weighted by Crippen LogP contribution is -2.32. The minimum Gasteiger partial charge on any atom is -0.497 e. The Hall–Kier alpha value is -1.06. The molecule has 0 aliphatic rings. The first-order chi connectivity index (χ1) is 8.22. The van der Waals surface area contributed by atoms with Gasteiger partial charge in [-0.3, -0.25) is 0 Å². The lowest BCUT2D eigenvalue weighted by Gasteiger charge is -2.24. The van der Waals surface area contributed by atoms with Gasteiger partial charge in [0.05, 0.1) is 19.3 Å². The number of benzene rings is 1. The number of methoxy groups -OCH3 is 2. The fourth-order valence-electron chi connectivity index (χ4n) is 1.83. The molecule has 0 radical (unpaired) electrons. The maximum atomic E-state index is 5.43. The van der Waals surface area contributed by atoms with Gasteiger partial charge >= 0.3 is 0 Å². The van der Waals surface area contributed by atoms with Crippen molar-refractivity contribution >= 4 is 0 Å². The van der Waals surface area contributed by atoms with Gasteiger partial charge in [0.2, 0.25) is 0 Å². The molecular weight excluding hydrogens is 214 g/mol. The third-order valence-electron chi connectivity index (χ3n) is 2.91. The Labute approximate surface area is 104 Å². The zero-order chi connectivity index (χ0) is 12.7. The maximum absolute atomic E-state index is 5.43. The largest absolute Gasteiger partial charge is 0.497 e. The number of ether oxygens (including phenoxy) is 2. The zero-order valence-corrected chi connectivity index (χ0v) is 11.2. The molecular formula is C14H23NO2. The van der Waals surface area contributed by atoms with E-state index in [1.54, 1.807) is 14.2 Å². The van der Waals surface area contributed by atoms with Crippen LogP contribution in [0.2, 0.25) is 0 Å². The molecule has 0 aliphatic heterocycles. The molecule has 3 nitrogen and oxygen atoms in total. The molecule has 0 heterocycles. The highest BCUT2D eigenvalue weighted by atomic mass is 16.5. The van der Waals surface area contributed by atoms with E-state index < -0.39 is 0 Å². The Morgan fingerprint density at radius 1 is 1.29 bits per heavy atom. The van der Waals surface area contributed by atoms with Gasteiger partial charge in [-0.1, -0.05) is 19.1 Å². The van der Waals surface area contributed by atoms with Crippen LogP contribution in [0.4, 0.5) is 0 Å². The van der Waals surface area contributed by atoms with Crippen LogP contribution in [-0.2, 0) is 4.74 Å². The van der Waals surface area contributed by atoms with Crippen molar-refractivity contribution in [3.8, 4) is 5.75 Å². The lowest BCUT2D eigenvalue weighted by atomic mass is 10.0. The average Bonchev–Trinajstić information content (AvgIpc) is 2.39. The molecule has 0 saturated carbocycles. The molecule has 0 amide bonds. The summed E-state index contributed by atoms with van der Waals surface area (Å²) in [5.74, 6) is 0.883. The molecule has 96 valence electrons. The Bertz CT molecular complexity index is 328. The van der Waals surface area contributed by atoms with E-state index >= 15 is 0 Å². The summed E-state index contributed by atoms with van der Waals surface area (Å²) in [4.78, 5) is 0. The quantitative estimate of drug-likeness (QED) is 0.791. The van der Waals surface area contributed by atoms with Gasteiger partial charge in [-0.05, 0) is 37.6 Å². The second-order valence-corrected chi connectivity index (χ2v) is 4.15. The highest BCUT2D eigenvalue weighted by molar-refractivity contribution is 5.31. The molecule has 1 aromatic rings. The first-order valence-corrected chi connectivity index (χ1v) is 6.13. The van der Waals surface area contributed by atoms with Crippen molar-refractivity contribution in [1.29, 1.82) is 0 Å². The van der Waals surface area contributed by atoms with Crippen molar-refractivity contribution in [3.05, 3.63) is 29.8 Å². The van der Waals surface area contributed by atoms with Crippen molar-refractivity contribution in [1.82, 2.24) is 5.32 Å². The van der Waals surface area contributed by atoms with Crippen molar-refractivity contribution in [2.24, 2.45) is 0 Å². The summed E-state index contributed by atoms with van der Waals surface area (Å²) in [5.41, 5.74) is 1.20. The predicted molar refractivity (Wildman–Crippen MR) is 70.5 cm³/mol. The number of hydrogen-bond acceptors (Lipinski definition) is 3. The van der Waals surface area contributed by atoms with Crippen LogP contribution in [-0.4, -0.2) is 26.9 Å². The monoisotopic (exact) mass is 237 g/mol. The molecule has 3 heteroatoms. The fourth-order valence-corrected chi connectivity index (χ4v) is 1.83. The molecule has 0 aliphatic carbocycles. The van der Waals surface area contributed by atoms with Crippen molar-refractivity contribution in [2.45, 2.75) is 32.4 Å². The van der Waals surface area contributed by atoms with E-state index in [0.29, 0.717) is 0 Å². The van der Waals surface area contributed by atoms with Gasteiger partial charge in [-0.25, -0.2) is 0 Å². The Kier molecular flexibility index (Phi) is 6.01. The van der Waals surface area contributed by atoms with E-state index in [1.165, 1.54) is 5.56 Å². The zero-order valence-electron chi connectivity index (χ0n) is 11.2. The molecule has 0 bridgehead atoms. The van der Waals surface area contributed by atoms with Gasteiger partial charge in [-0.15, -0.1) is 0 Å². The molecule has 1 aromatic carbocycles. The third kappa shape index (κ3) is 4.02. The normalized spacial score (nSPS) is 14.4. The van der Waals surface area contributed by atoms with Gasteiger partial charge < -0.3 is 14.8 Å². The summed E-state index contributed by atoms with van der Waals surface area (Å²) >= 11 is 0.